The number of hydrogen-bond acceptors (Lipinski definition) is 4. The molecule has 1 aromatic heterocycles. The molecule has 0 saturated carbocycles. The highest BCUT2D eigenvalue weighted by Gasteiger charge is 2.06. The van der Waals surface area contributed by atoms with E-state index >= 15 is 0 Å². The van der Waals surface area contributed by atoms with Gasteiger partial charge in [-0.25, -0.2) is 4.98 Å². The Morgan fingerprint density at radius 3 is 3.00 bits per heavy atom. The number of benzene rings is 1. The van der Waals surface area contributed by atoms with Crippen molar-refractivity contribution in [3.05, 3.63) is 59.7 Å². The van der Waals surface area contributed by atoms with Gasteiger partial charge < -0.3 is 11.1 Å². The van der Waals surface area contributed by atoms with Gasteiger partial charge in [-0.15, -0.1) is 0 Å². The topological polar surface area (TPSA) is 80.9 Å². The minimum absolute atomic E-state index is 0.253. The molecule has 0 bridgehead atoms. The largest absolute Gasteiger partial charge is 0.347 e. The summed E-state index contributed by atoms with van der Waals surface area (Å²) in [6, 6.07) is 7.63. The third-order valence-corrected chi connectivity index (χ3v) is 2.51. The summed E-state index contributed by atoms with van der Waals surface area (Å²) in [6.45, 7) is 0.737. The zero-order valence-corrected chi connectivity index (χ0v) is 10.8. The molecule has 0 unspecified atom stereocenters. The third kappa shape index (κ3) is 3.90. The Morgan fingerprint density at radius 1 is 1.35 bits per heavy atom. The van der Waals surface area contributed by atoms with Gasteiger partial charge in [-0.05, 0) is 17.7 Å². The predicted octanol–water partition coefficient (Wildman–Crippen LogP) is 0.717. The number of nitrogens with two attached hydrogens (primary N) is 1. The van der Waals surface area contributed by atoms with Crippen LogP contribution in [0.1, 0.15) is 21.6 Å². The van der Waals surface area contributed by atoms with Gasteiger partial charge in [0, 0.05) is 24.5 Å². The Bertz CT molecular complexity index is 644. The van der Waals surface area contributed by atoms with Gasteiger partial charge in [0.1, 0.15) is 5.69 Å². The Morgan fingerprint density at radius 2 is 2.25 bits per heavy atom. The predicted molar refractivity (Wildman–Crippen MR) is 75.6 cm³/mol. The van der Waals surface area contributed by atoms with Crippen LogP contribution < -0.4 is 11.1 Å². The van der Waals surface area contributed by atoms with Crippen molar-refractivity contribution in [3.63, 3.8) is 0 Å². The molecule has 5 nitrogen and oxygen atoms in total. The van der Waals surface area contributed by atoms with Gasteiger partial charge in [-0.2, -0.15) is 0 Å². The van der Waals surface area contributed by atoms with Crippen LogP contribution in [-0.4, -0.2) is 22.4 Å². The van der Waals surface area contributed by atoms with E-state index in [0.29, 0.717) is 18.8 Å². The molecule has 0 saturated heterocycles. The molecule has 0 atom stereocenters. The molecule has 1 amide bonds. The summed E-state index contributed by atoms with van der Waals surface area (Å²) in [5.41, 5.74) is 7.47. The number of amides is 1. The Balaban J connectivity index is 1.99. The Hall–Kier alpha value is -2.71. The summed E-state index contributed by atoms with van der Waals surface area (Å²) in [6.07, 6.45) is 4.44. The SMILES string of the molecule is NCC#Cc1cccc(CNC(=O)c2cnccn2)c1. The molecule has 2 rings (SSSR count). The molecule has 100 valence electrons. The fourth-order valence-electron chi connectivity index (χ4n) is 1.60. The van der Waals surface area contributed by atoms with E-state index in [4.69, 9.17) is 5.73 Å². The third-order valence-electron chi connectivity index (χ3n) is 2.51. The van der Waals surface area contributed by atoms with E-state index in [9.17, 15) is 4.79 Å². The van der Waals surface area contributed by atoms with Crippen LogP contribution in [0.3, 0.4) is 0 Å². The van der Waals surface area contributed by atoms with E-state index in [-0.39, 0.29) is 5.91 Å². The van der Waals surface area contributed by atoms with Gasteiger partial charge >= 0.3 is 0 Å². The van der Waals surface area contributed by atoms with Crippen LogP contribution in [0.2, 0.25) is 0 Å². The molecule has 0 aliphatic heterocycles. The number of hydrogen-bond donors (Lipinski definition) is 2. The smallest absolute Gasteiger partial charge is 0.271 e. The van der Waals surface area contributed by atoms with Gasteiger partial charge in [0.2, 0.25) is 0 Å². The number of carbonyl (C=O) groups excluding carboxylic acids is 1. The van der Waals surface area contributed by atoms with Crippen LogP contribution in [0, 0.1) is 11.8 Å². The summed E-state index contributed by atoms with van der Waals surface area (Å²) >= 11 is 0. The van der Waals surface area contributed by atoms with Crippen molar-refractivity contribution < 1.29 is 4.79 Å². The van der Waals surface area contributed by atoms with Gasteiger partial charge in [-0.3, -0.25) is 9.78 Å². The average molecular weight is 266 g/mol. The minimum Gasteiger partial charge on any atom is -0.347 e. The first-order valence-corrected chi connectivity index (χ1v) is 6.11. The maximum absolute atomic E-state index is 11.8. The summed E-state index contributed by atoms with van der Waals surface area (Å²) in [4.78, 5) is 19.6. The molecule has 5 heteroatoms. The quantitative estimate of drug-likeness (QED) is 0.802. The van der Waals surface area contributed by atoms with Gasteiger partial charge in [-0.1, -0.05) is 24.0 Å². The number of aromatic nitrogens is 2. The highest BCUT2D eigenvalue weighted by molar-refractivity contribution is 5.91. The second-order valence-electron chi connectivity index (χ2n) is 3.98. The average Bonchev–Trinajstić information content (AvgIpc) is 2.52. The number of carbonyl (C=O) groups is 1. The minimum atomic E-state index is -0.253. The maximum Gasteiger partial charge on any atom is 0.271 e. The molecule has 3 N–H and O–H groups in total. The van der Waals surface area contributed by atoms with Crippen molar-refractivity contribution in [1.29, 1.82) is 0 Å². The summed E-state index contributed by atoms with van der Waals surface area (Å²) < 4.78 is 0. The van der Waals surface area contributed by atoms with Crippen molar-refractivity contribution in [2.24, 2.45) is 5.73 Å². The molecule has 1 aromatic carbocycles. The highest BCUT2D eigenvalue weighted by atomic mass is 16.1. The molecular weight excluding hydrogens is 252 g/mol. The van der Waals surface area contributed by atoms with Crippen molar-refractivity contribution in [3.8, 4) is 11.8 Å². The fourth-order valence-corrected chi connectivity index (χ4v) is 1.60. The second-order valence-corrected chi connectivity index (χ2v) is 3.98. The van der Waals surface area contributed by atoms with Crippen molar-refractivity contribution >= 4 is 5.91 Å². The van der Waals surface area contributed by atoms with Crippen molar-refractivity contribution in [2.75, 3.05) is 6.54 Å². The van der Waals surface area contributed by atoms with E-state index < -0.39 is 0 Å². The maximum atomic E-state index is 11.8. The lowest BCUT2D eigenvalue weighted by Crippen LogP contribution is -2.23. The normalized spacial score (nSPS) is 9.45. The first-order chi connectivity index (χ1) is 9.79. The standard InChI is InChI=1S/C15H14N4O/c16-6-2-5-12-3-1-4-13(9-12)10-19-15(20)14-11-17-7-8-18-14/h1,3-4,7-9,11H,6,10,16H2,(H,19,20). The van der Waals surface area contributed by atoms with Crippen LogP contribution >= 0.6 is 0 Å². The van der Waals surface area contributed by atoms with E-state index in [1.807, 2.05) is 24.3 Å². The van der Waals surface area contributed by atoms with E-state index in [1.165, 1.54) is 18.6 Å². The summed E-state index contributed by atoms with van der Waals surface area (Å²) in [5.74, 6) is 5.50. The Kier molecular flexibility index (Phi) is 4.81. The van der Waals surface area contributed by atoms with Crippen molar-refractivity contribution in [1.82, 2.24) is 15.3 Å². The molecular formula is C15H14N4O. The lowest BCUT2D eigenvalue weighted by Gasteiger charge is -2.04. The molecule has 0 spiro atoms. The zero-order valence-electron chi connectivity index (χ0n) is 10.8. The molecule has 0 aliphatic rings. The van der Waals surface area contributed by atoms with Crippen LogP contribution in [0.5, 0.6) is 0 Å². The molecule has 0 aliphatic carbocycles. The van der Waals surface area contributed by atoms with E-state index in [1.54, 1.807) is 0 Å². The summed E-state index contributed by atoms with van der Waals surface area (Å²) in [7, 11) is 0. The molecule has 2 aromatic rings. The second kappa shape index (κ2) is 7.02. The van der Waals surface area contributed by atoms with Crippen LogP contribution in [0.4, 0.5) is 0 Å². The van der Waals surface area contributed by atoms with Gasteiger partial charge in [0.25, 0.3) is 5.91 Å². The molecule has 0 fully saturated rings. The van der Waals surface area contributed by atoms with Gasteiger partial charge in [0.05, 0.1) is 12.7 Å². The molecule has 20 heavy (non-hydrogen) atoms. The van der Waals surface area contributed by atoms with E-state index in [0.717, 1.165) is 11.1 Å². The van der Waals surface area contributed by atoms with Crippen LogP contribution in [-0.2, 0) is 6.54 Å². The zero-order chi connectivity index (χ0) is 14.2. The number of nitrogens with one attached hydrogen (secondary N) is 1. The lowest BCUT2D eigenvalue weighted by atomic mass is 10.1. The Labute approximate surface area is 117 Å². The first-order valence-electron chi connectivity index (χ1n) is 6.11. The number of rotatable bonds is 3. The van der Waals surface area contributed by atoms with Crippen LogP contribution in [0.25, 0.3) is 0 Å². The molecule has 0 radical (unpaired) electrons. The fraction of sp³-hybridized carbons (Fsp3) is 0.133. The monoisotopic (exact) mass is 266 g/mol. The highest BCUT2D eigenvalue weighted by Crippen LogP contribution is 2.04. The lowest BCUT2D eigenvalue weighted by molar-refractivity contribution is 0.0945. The first kappa shape index (κ1) is 13.7. The number of nitrogens with zero attached hydrogens (tertiary/aromatic N) is 2. The van der Waals surface area contributed by atoms with Crippen LogP contribution in [0.15, 0.2) is 42.9 Å². The van der Waals surface area contributed by atoms with E-state index in [2.05, 4.69) is 27.1 Å². The summed E-state index contributed by atoms with van der Waals surface area (Å²) in [5, 5.41) is 2.78. The molecule has 1 heterocycles. The van der Waals surface area contributed by atoms with Crippen molar-refractivity contribution in [2.45, 2.75) is 6.54 Å². The van der Waals surface area contributed by atoms with Gasteiger partial charge in [0.15, 0.2) is 0 Å².